The quantitative estimate of drug-likeness (QED) is 0.903. The number of amides is 2. The molecule has 2 amide bonds. The fraction of sp³-hybridized carbons (Fsp3) is 0.294. The molecule has 126 valence electrons. The van der Waals surface area contributed by atoms with Crippen molar-refractivity contribution in [1.82, 2.24) is 10.3 Å². The first-order chi connectivity index (χ1) is 11.6. The number of pyridine rings is 1. The van der Waals surface area contributed by atoms with Crippen LogP contribution in [0.4, 0.5) is 25.0 Å². The summed E-state index contributed by atoms with van der Waals surface area (Å²) in [5.74, 6) is -1.34. The fourth-order valence-electron chi connectivity index (χ4n) is 2.73. The third-order valence-electron chi connectivity index (χ3n) is 3.85. The SMILES string of the molecule is O=C(NCc1ccccn1)Nc1cc(F)c(N2CCCC2)c(F)c1. The van der Waals surface area contributed by atoms with Crippen molar-refractivity contribution >= 4 is 17.4 Å². The maximum atomic E-state index is 14.2. The number of halogens is 2. The van der Waals surface area contributed by atoms with Gasteiger partial charge in [-0.2, -0.15) is 0 Å². The Labute approximate surface area is 138 Å². The maximum Gasteiger partial charge on any atom is 0.319 e. The maximum absolute atomic E-state index is 14.2. The lowest BCUT2D eigenvalue weighted by atomic mass is 10.2. The molecular weight excluding hydrogens is 314 g/mol. The largest absolute Gasteiger partial charge is 0.367 e. The molecule has 0 unspecified atom stereocenters. The summed E-state index contributed by atoms with van der Waals surface area (Å²) in [7, 11) is 0. The zero-order valence-electron chi connectivity index (χ0n) is 13.1. The Morgan fingerprint density at radius 3 is 2.50 bits per heavy atom. The standard InChI is InChI=1S/C17H18F2N4O/c18-14-9-13(10-15(19)16(14)23-7-3-4-8-23)22-17(24)21-11-12-5-1-2-6-20-12/h1-2,5-6,9-10H,3-4,7-8,11H2,(H2,21,22,24). The molecule has 0 saturated carbocycles. The van der Waals surface area contributed by atoms with Crippen LogP contribution in [0.5, 0.6) is 0 Å². The highest BCUT2D eigenvalue weighted by Gasteiger charge is 2.21. The van der Waals surface area contributed by atoms with E-state index in [0.717, 1.165) is 25.0 Å². The average molecular weight is 332 g/mol. The Balaban J connectivity index is 1.63. The second kappa shape index (κ2) is 7.25. The van der Waals surface area contributed by atoms with Crippen molar-refractivity contribution in [1.29, 1.82) is 0 Å². The molecule has 0 bridgehead atoms. The number of aromatic nitrogens is 1. The van der Waals surface area contributed by atoms with Crippen molar-refractivity contribution < 1.29 is 13.6 Å². The highest BCUT2D eigenvalue weighted by atomic mass is 19.1. The lowest BCUT2D eigenvalue weighted by Gasteiger charge is -2.19. The van der Waals surface area contributed by atoms with Crippen molar-refractivity contribution in [3.05, 3.63) is 53.9 Å². The highest BCUT2D eigenvalue weighted by molar-refractivity contribution is 5.89. The van der Waals surface area contributed by atoms with Crippen LogP contribution in [0.15, 0.2) is 36.5 Å². The molecule has 1 fully saturated rings. The lowest BCUT2D eigenvalue weighted by molar-refractivity contribution is 0.251. The first-order valence-electron chi connectivity index (χ1n) is 7.82. The minimum Gasteiger partial charge on any atom is -0.367 e. The van der Waals surface area contributed by atoms with E-state index < -0.39 is 17.7 Å². The van der Waals surface area contributed by atoms with Gasteiger partial charge in [-0.25, -0.2) is 13.6 Å². The second-order valence-electron chi connectivity index (χ2n) is 5.61. The number of nitrogens with one attached hydrogen (secondary N) is 2. The van der Waals surface area contributed by atoms with E-state index in [1.807, 2.05) is 6.07 Å². The van der Waals surface area contributed by atoms with E-state index >= 15 is 0 Å². The van der Waals surface area contributed by atoms with Gasteiger partial charge in [-0.15, -0.1) is 0 Å². The molecule has 2 aromatic rings. The molecular formula is C17H18F2N4O. The summed E-state index contributed by atoms with van der Waals surface area (Å²) in [5.41, 5.74) is 0.743. The third kappa shape index (κ3) is 3.79. The number of hydrogen-bond donors (Lipinski definition) is 2. The summed E-state index contributed by atoms with van der Waals surface area (Å²) in [6.45, 7) is 1.51. The summed E-state index contributed by atoms with van der Waals surface area (Å²) < 4.78 is 28.4. The van der Waals surface area contributed by atoms with E-state index in [0.29, 0.717) is 18.8 Å². The molecule has 5 nitrogen and oxygen atoms in total. The molecule has 7 heteroatoms. The topological polar surface area (TPSA) is 57.3 Å². The van der Waals surface area contributed by atoms with Crippen LogP contribution < -0.4 is 15.5 Å². The van der Waals surface area contributed by atoms with Crippen LogP contribution in [0, 0.1) is 11.6 Å². The van der Waals surface area contributed by atoms with Gasteiger partial charge < -0.3 is 15.5 Å². The van der Waals surface area contributed by atoms with Gasteiger partial charge in [0.25, 0.3) is 0 Å². The van der Waals surface area contributed by atoms with Gasteiger partial charge in [0.1, 0.15) is 5.69 Å². The minimum absolute atomic E-state index is 0.0213. The minimum atomic E-state index is -0.670. The van der Waals surface area contributed by atoms with E-state index in [9.17, 15) is 13.6 Å². The highest BCUT2D eigenvalue weighted by Crippen LogP contribution is 2.29. The Morgan fingerprint density at radius 2 is 1.88 bits per heavy atom. The molecule has 1 aliphatic rings. The van der Waals surface area contributed by atoms with Crippen molar-refractivity contribution in [3.63, 3.8) is 0 Å². The number of urea groups is 1. The number of nitrogens with zero attached hydrogens (tertiary/aromatic N) is 2. The predicted octanol–water partition coefficient (Wildman–Crippen LogP) is 3.28. The van der Waals surface area contributed by atoms with Crippen LogP contribution in [0.1, 0.15) is 18.5 Å². The number of carbonyl (C=O) groups is 1. The van der Waals surface area contributed by atoms with Crippen molar-refractivity contribution in [2.24, 2.45) is 0 Å². The Bertz CT molecular complexity index is 695. The van der Waals surface area contributed by atoms with E-state index in [1.54, 1.807) is 23.2 Å². The summed E-state index contributed by atoms with van der Waals surface area (Å²) in [6, 6.07) is 7.08. The smallest absolute Gasteiger partial charge is 0.319 e. The zero-order chi connectivity index (χ0) is 16.9. The van der Waals surface area contributed by atoms with Gasteiger partial charge in [0.2, 0.25) is 0 Å². The van der Waals surface area contributed by atoms with Gasteiger partial charge in [-0.3, -0.25) is 4.98 Å². The molecule has 24 heavy (non-hydrogen) atoms. The van der Waals surface area contributed by atoms with Crippen LogP contribution in [0.3, 0.4) is 0 Å². The normalized spacial score (nSPS) is 13.8. The van der Waals surface area contributed by atoms with Crippen molar-refractivity contribution in [2.75, 3.05) is 23.3 Å². The van der Waals surface area contributed by atoms with Gasteiger partial charge in [0.05, 0.1) is 12.2 Å². The molecule has 1 aromatic carbocycles. The molecule has 3 rings (SSSR count). The molecule has 1 saturated heterocycles. The van der Waals surface area contributed by atoms with Gasteiger partial charge >= 0.3 is 6.03 Å². The first-order valence-corrected chi connectivity index (χ1v) is 7.82. The van der Waals surface area contributed by atoms with E-state index in [2.05, 4.69) is 15.6 Å². The van der Waals surface area contributed by atoms with Gasteiger partial charge in [0.15, 0.2) is 11.6 Å². The van der Waals surface area contributed by atoms with Crippen LogP contribution in [0.2, 0.25) is 0 Å². The second-order valence-corrected chi connectivity index (χ2v) is 5.61. The summed E-state index contributed by atoms with van der Waals surface area (Å²) in [5, 5.41) is 5.02. The molecule has 2 heterocycles. The number of benzene rings is 1. The molecule has 0 spiro atoms. The number of carbonyl (C=O) groups excluding carboxylic acids is 1. The molecule has 1 aromatic heterocycles. The number of hydrogen-bond acceptors (Lipinski definition) is 3. The monoisotopic (exact) mass is 332 g/mol. The molecule has 0 radical (unpaired) electrons. The predicted molar refractivity (Wildman–Crippen MR) is 87.9 cm³/mol. The van der Waals surface area contributed by atoms with Crippen LogP contribution >= 0.6 is 0 Å². The first kappa shape index (κ1) is 16.2. The zero-order valence-corrected chi connectivity index (χ0v) is 13.1. The van der Waals surface area contributed by atoms with E-state index in [1.165, 1.54) is 0 Å². The van der Waals surface area contributed by atoms with E-state index in [-0.39, 0.29) is 17.9 Å². The van der Waals surface area contributed by atoms with E-state index in [4.69, 9.17) is 0 Å². The molecule has 0 aliphatic carbocycles. The van der Waals surface area contributed by atoms with Gasteiger partial charge in [-0.05, 0) is 37.1 Å². The average Bonchev–Trinajstić information content (AvgIpc) is 3.07. The van der Waals surface area contributed by atoms with Crippen molar-refractivity contribution in [2.45, 2.75) is 19.4 Å². The summed E-state index contributed by atoms with van der Waals surface area (Å²) in [4.78, 5) is 17.6. The Kier molecular flexibility index (Phi) is 4.88. The van der Waals surface area contributed by atoms with Crippen LogP contribution in [0.25, 0.3) is 0 Å². The lowest BCUT2D eigenvalue weighted by Crippen LogP contribution is -2.28. The molecule has 2 N–H and O–H groups in total. The summed E-state index contributed by atoms with van der Waals surface area (Å²) in [6.07, 6.45) is 3.47. The molecule has 0 atom stereocenters. The Morgan fingerprint density at radius 1 is 1.17 bits per heavy atom. The van der Waals surface area contributed by atoms with Crippen LogP contribution in [-0.2, 0) is 6.54 Å². The van der Waals surface area contributed by atoms with Gasteiger partial charge in [-0.1, -0.05) is 6.07 Å². The molecule has 1 aliphatic heterocycles. The van der Waals surface area contributed by atoms with Gasteiger partial charge in [0, 0.05) is 25.0 Å². The third-order valence-corrected chi connectivity index (χ3v) is 3.85. The Hall–Kier alpha value is -2.70. The summed E-state index contributed by atoms with van der Waals surface area (Å²) >= 11 is 0. The number of anilines is 2. The number of rotatable bonds is 4. The van der Waals surface area contributed by atoms with Crippen molar-refractivity contribution in [3.8, 4) is 0 Å². The fourth-order valence-corrected chi connectivity index (χ4v) is 2.73. The van der Waals surface area contributed by atoms with Crippen LogP contribution in [-0.4, -0.2) is 24.1 Å².